The molecule has 1 spiro atoms. The van der Waals surface area contributed by atoms with E-state index in [2.05, 4.69) is 6.92 Å². The Morgan fingerprint density at radius 3 is 2.42 bits per heavy atom. The van der Waals surface area contributed by atoms with Gasteiger partial charge in [0.15, 0.2) is 11.9 Å². The number of hydrogen-bond acceptors (Lipinski definition) is 5. The molecule has 26 heavy (non-hydrogen) atoms. The molecule has 150 valence electrons. The molecule has 8 atom stereocenters. The first-order valence-corrected chi connectivity index (χ1v) is 9.53. The predicted octanol–water partition coefficient (Wildman–Crippen LogP) is 4.16. The van der Waals surface area contributed by atoms with E-state index >= 15 is 0 Å². The van der Waals surface area contributed by atoms with Crippen molar-refractivity contribution in [3.8, 4) is 0 Å². The highest BCUT2D eigenvalue weighted by Crippen LogP contribution is 2.64. The third kappa shape index (κ3) is 2.28. The molecule has 4 heterocycles. The number of rotatable bonds is 2. The lowest BCUT2D eigenvalue weighted by atomic mass is 9.57. The molecule has 5 rings (SSSR count). The zero-order valence-corrected chi connectivity index (χ0v) is 15.6. The zero-order chi connectivity index (χ0) is 19.0. The van der Waals surface area contributed by atoms with Gasteiger partial charge in [0.05, 0.1) is 0 Å². The van der Waals surface area contributed by atoms with E-state index in [1.54, 1.807) is 20.8 Å². The normalized spacial score (nSPS) is 53.9. The van der Waals surface area contributed by atoms with Gasteiger partial charge in [0.25, 0.3) is 5.79 Å². The highest BCUT2D eigenvalue weighted by atomic mass is 19.4. The van der Waals surface area contributed by atoms with E-state index < -0.39 is 41.5 Å². The summed E-state index contributed by atoms with van der Waals surface area (Å²) in [7, 11) is 0. The van der Waals surface area contributed by atoms with Crippen LogP contribution in [-0.4, -0.2) is 36.2 Å². The molecule has 0 aromatic heterocycles. The van der Waals surface area contributed by atoms with Gasteiger partial charge < -0.3 is 14.2 Å². The van der Waals surface area contributed by atoms with E-state index in [1.807, 2.05) is 0 Å². The number of fused-ring (bicyclic) bond motifs is 2. The standard InChI is InChI=1S/C18H27F3O5/c1-5-22-17(18(19,20)21)11(3)13-7-6-10(2)12-8-9-15(4)23-14(24-17)16(12,13)26-25-15/h10-14H,5-9H2,1-4H3/t10-,11-,12?,13?,14?,15+,16-,17-/m1/s1. The van der Waals surface area contributed by atoms with Crippen LogP contribution < -0.4 is 0 Å². The van der Waals surface area contributed by atoms with Gasteiger partial charge in [0.2, 0.25) is 5.79 Å². The minimum Gasteiger partial charge on any atom is -0.343 e. The molecule has 0 N–H and O–H groups in total. The molecule has 0 aromatic carbocycles. The van der Waals surface area contributed by atoms with Crippen LogP contribution in [0.25, 0.3) is 0 Å². The van der Waals surface area contributed by atoms with Crippen LogP contribution in [0, 0.1) is 23.7 Å². The fourth-order valence-electron chi connectivity index (χ4n) is 5.70. The van der Waals surface area contributed by atoms with Gasteiger partial charge in [-0.3, -0.25) is 0 Å². The first kappa shape index (κ1) is 18.9. The van der Waals surface area contributed by atoms with Crippen molar-refractivity contribution in [1.29, 1.82) is 0 Å². The molecule has 1 saturated carbocycles. The van der Waals surface area contributed by atoms with E-state index in [4.69, 9.17) is 24.0 Å². The van der Waals surface area contributed by atoms with E-state index in [0.717, 1.165) is 12.8 Å². The van der Waals surface area contributed by atoms with Crippen molar-refractivity contribution in [2.45, 2.75) is 83.0 Å². The van der Waals surface area contributed by atoms with Gasteiger partial charge >= 0.3 is 6.18 Å². The highest BCUT2D eigenvalue weighted by molar-refractivity contribution is 5.12. The third-order valence-electron chi connectivity index (χ3n) is 7.01. The molecule has 4 aliphatic heterocycles. The van der Waals surface area contributed by atoms with Crippen LogP contribution in [-0.2, 0) is 24.0 Å². The van der Waals surface area contributed by atoms with E-state index in [0.29, 0.717) is 18.8 Å². The Hall–Kier alpha value is -0.410. The second kappa shape index (κ2) is 5.80. The summed E-state index contributed by atoms with van der Waals surface area (Å²) in [6.07, 6.45) is -3.10. The molecule has 0 aromatic rings. The fraction of sp³-hybridized carbons (Fsp3) is 1.00. The molecule has 0 amide bonds. The number of hydrogen-bond donors (Lipinski definition) is 0. The minimum atomic E-state index is -4.68. The molecule has 3 unspecified atom stereocenters. The van der Waals surface area contributed by atoms with Gasteiger partial charge in [-0.15, -0.1) is 0 Å². The Morgan fingerprint density at radius 2 is 1.77 bits per heavy atom. The topological polar surface area (TPSA) is 46.2 Å². The van der Waals surface area contributed by atoms with Crippen LogP contribution in [0.1, 0.15) is 53.4 Å². The van der Waals surface area contributed by atoms with Crippen LogP contribution in [0.3, 0.4) is 0 Å². The summed E-state index contributed by atoms with van der Waals surface area (Å²) in [6, 6.07) is 0. The van der Waals surface area contributed by atoms with Gasteiger partial charge in [-0.05, 0) is 44.9 Å². The quantitative estimate of drug-likeness (QED) is 0.673. The molecule has 5 fully saturated rings. The smallest absolute Gasteiger partial charge is 0.343 e. The maximum absolute atomic E-state index is 14.2. The Morgan fingerprint density at radius 1 is 1.04 bits per heavy atom. The largest absolute Gasteiger partial charge is 0.443 e. The highest BCUT2D eigenvalue weighted by Gasteiger charge is 2.77. The van der Waals surface area contributed by atoms with Gasteiger partial charge in [-0.25, -0.2) is 9.78 Å². The van der Waals surface area contributed by atoms with Crippen molar-refractivity contribution in [1.82, 2.24) is 0 Å². The summed E-state index contributed by atoms with van der Waals surface area (Å²) >= 11 is 0. The van der Waals surface area contributed by atoms with Gasteiger partial charge in [-0.2, -0.15) is 13.2 Å². The Labute approximate surface area is 151 Å². The minimum absolute atomic E-state index is 0.0193. The molecule has 5 aliphatic rings. The van der Waals surface area contributed by atoms with Gasteiger partial charge in [-0.1, -0.05) is 13.8 Å². The third-order valence-corrected chi connectivity index (χ3v) is 7.01. The lowest BCUT2D eigenvalue weighted by Gasteiger charge is -2.62. The van der Waals surface area contributed by atoms with E-state index in [1.165, 1.54) is 0 Å². The molecule has 5 nitrogen and oxygen atoms in total. The van der Waals surface area contributed by atoms with Gasteiger partial charge in [0.1, 0.15) is 0 Å². The van der Waals surface area contributed by atoms with Crippen LogP contribution in [0.4, 0.5) is 13.2 Å². The molecule has 8 heteroatoms. The first-order valence-electron chi connectivity index (χ1n) is 9.53. The maximum Gasteiger partial charge on any atom is 0.443 e. The summed E-state index contributed by atoms with van der Waals surface area (Å²) in [5.41, 5.74) is -1.03. The van der Waals surface area contributed by atoms with Gasteiger partial charge in [0, 0.05) is 24.9 Å². The average molecular weight is 380 g/mol. The summed E-state index contributed by atoms with van der Waals surface area (Å²) in [6.45, 7) is 6.80. The molecule has 4 saturated heterocycles. The fourth-order valence-corrected chi connectivity index (χ4v) is 5.70. The number of halogens is 3. The van der Waals surface area contributed by atoms with Crippen LogP contribution >= 0.6 is 0 Å². The lowest BCUT2D eigenvalue weighted by Crippen LogP contribution is -2.76. The van der Waals surface area contributed by atoms with E-state index in [9.17, 15) is 13.2 Å². The van der Waals surface area contributed by atoms with Crippen LogP contribution in [0.15, 0.2) is 0 Å². The van der Waals surface area contributed by atoms with Crippen LogP contribution in [0.2, 0.25) is 0 Å². The molecular weight excluding hydrogens is 353 g/mol. The molecular formula is C18H27F3O5. The SMILES string of the molecule is CCO[C@@]1(C(F)(F)F)OC2O[C@]3(C)CCC4[C@H](C)CCC([C@H]1C)[C@@]24OO3. The predicted molar refractivity (Wildman–Crippen MR) is 83.5 cm³/mol. The van der Waals surface area contributed by atoms with Crippen molar-refractivity contribution in [3.05, 3.63) is 0 Å². The van der Waals surface area contributed by atoms with Crippen molar-refractivity contribution in [3.63, 3.8) is 0 Å². The first-order chi connectivity index (χ1) is 12.1. The Bertz CT molecular complexity index is 572. The summed E-state index contributed by atoms with van der Waals surface area (Å²) in [5.74, 6) is -4.87. The summed E-state index contributed by atoms with van der Waals surface area (Å²) in [4.78, 5) is 11.5. The molecule has 2 bridgehead atoms. The second-order valence-corrected chi connectivity index (χ2v) is 8.41. The van der Waals surface area contributed by atoms with Crippen molar-refractivity contribution < 1.29 is 37.2 Å². The lowest BCUT2D eigenvalue weighted by molar-refractivity contribution is -0.598. The van der Waals surface area contributed by atoms with Crippen LogP contribution in [0.5, 0.6) is 0 Å². The number of ether oxygens (including phenoxy) is 3. The molecule has 0 radical (unpaired) electrons. The maximum atomic E-state index is 14.2. The Kier molecular flexibility index (Phi) is 4.22. The van der Waals surface area contributed by atoms with E-state index in [-0.39, 0.29) is 12.5 Å². The second-order valence-electron chi connectivity index (χ2n) is 8.41. The summed E-state index contributed by atoms with van der Waals surface area (Å²) in [5, 5.41) is 0. The zero-order valence-electron chi connectivity index (χ0n) is 15.6. The number of alkyl halides is 3. The van der Waals surface area contributed by atoms with Crippen molar-refractivity contribution in [2.24, 2.45) is 23.7 Å². The monoisotopic (exact) mass is 380 g/mol. The van der Waals surface area contributed by atoms with Crippen molar-refractivity contribution in [2.75, 3.05) is 6.61 Å². The average Bonchev–Trinajstić information content (AvgIpc) is 2.78. The molecule has 1 aliphatic carbocycles. The van der Waals surface area contributed by atoms with Crippen molar-refractivity contribution >= 4 is 0 Å². The summed E-state index contributed by atoms with van der Waals surface area (Å²) < 4.78 is 59.4. The Balaban J connectivity index is 1.84.